The molecule has 2 heterocycles. The summed E-state index contributed by atoms with van der Waals surface area (Å²) in [7, 11) is 2.99. The Kier molecular flexibility index (Phi) is 3.31. The van der Waals surface area contributed by atoms with Gasteiger partial charge in [-0.2, -0.15) is 5.10 Å². The minimum Gasteiger partial charge on any atom is -0.497 e. The second kappa shape index (κ2) is 5.28. The molecule has 0 saturated heterocycles. The predicted octanol–water partition coefficient (Wildman–Crippen LogP) is 2.80. The summed E-state index contributed by atoms with van der Waals surface area (Å²) in [4.78, 5) is 11.9. The summed E-state index contributed by atoms with van der Waals surface area (Å²) >= 11 is 0. The molecule has 0 aliphatic carbocycles. The van der Waals surface area contributed by atoms with E-state index < -0.39 is 5.97 Å². The molecule has 2 aromatic heterocycles. The number of benzene rings is 1. The van der Waals surface area contributed by atoms with Crippen molar-refractivity contribution in [2.75, 3.05) is 14.2 Å². The lowest BCUT2D eigenvalue weighted by Gasteiger charge is -2.07. The number of rotatable bonds is 3. The quantitative estimate of drug-likeness (QED) is 0.693. The topological polar surface area (TPSA) is 52.8 Å². The molecule has 0 spiro atoms. The van der Waals surface area contributed by atoms with Crippen molar-refractivity contribution in [1.29, 1.82) is 0 Å². The molecule has 3 rings (SSSR count). The monoisotopic (exact) mass is 282 g/mol. The van der Waals surface area contributed by atoms with Gasteiger partial charge in [-0.1, -0.05) is 18.2 Å². The van der Waals surface area contributed by atoms with Crippen LogP contribution in [0.1, 0.15) is 10.4 Å². The lowest BCUT2D eigenvalue weighted by atomic mass is 10.0. The number of methoxy groups -OCH3 is 2. The molecule has 5 nitrogen and oxygen atoms in total. The van der Waals surface area contributed by atoms with E-state index in [1.165, 1.54) is 13.3 Å². The maximum Gasteiger partial charge on any atom is 0.341 e. The van der Waals surface area contributed by atoms with E-state index in [1.54, 1.807) is 17.8 Å². The molecule has 1 aromatic carbocycles. The van der Waals surface area contributed by atoms with Gasteiger partial charge < -0.3 is 9.47 Å². The average molecular weight is 282 g/mol. The fraction of sp³-hybridized carbons (Fsp3) is 0.125. The Morgan fingerprint density at radius 3 is 2.57 bits per heavy atom. The van der Waals surface area contributed by atoms with Crippen LogP contribution in [0.3, 0.4) is 0 Å². The Labute approximate surface area is 121 Å². The molecule has 0 aliphatic rings. The molecular weight excluding hydrogens is 268 g/mol. The minimum absolute atomic E-state index is 0.397. The third kappa shape index (κ3) is 2.23. The van der Waals surface area contributed by atoms with Gasteiger partial charge in [0, 0.05) is 11.8 Å². The second-order valence-electron chi connectivity index (χ2n) is 4.49. The summed E-state index contributed by atoms with van der Waals surface area (Å²) in [6.07, 6.45) is 3.32. The van der Waals surface area contributed by atoms with Crippen molar-refractivity contribution in [3.63, 3.8) is 0 Å². The molecule has 5 heteroatoms. The summed E-state index contributed by atoms with van der Waals surface area (Å²) in [5.41, 5.74) is 3.07. The third-order valence-electron chi connectivity index (χ3n) is 3.35. The second-order valence-corrected chi connectivity index (χ2v) is 4.49. The zero-order chi connectivity index (χ0) is 14.8. The van der Waals surface area contributed by atoms with E-state index in [4.69, 9.17) is 9.47 Å². The van der Waals surface area contributed by atoms with E-state index in [-0.39, 0.29) is 0 Å². The van der Waals surface area contributed by atoms with Crippen molar-refractivity contribution in [3.8, 4) is 16.9 Å². The smallest absolute Gasteiger partial charge is 0.341 e. The summed E-state index contributed by atoms with van der Waals surface area (Å²) < 4.78 is 11.7. The number of nitrogens with zero attached hydrogens (tertiary/aromatic N) is 2. The van der Waals surface area contributed by atoms with Crippen LogP contribution in [0, 0.1) is 0 Å². The number of hydrogen-bond acceptors (Lipinski definition) is 4. The molecule has 106 valence electrons. The Morgan fingerprint density at radius 1 is 1.14 bits per heavy atom. The summed E-state index contributed by atoms with van der Waals surface area (Å²) in [6, 6.07) is 11.5. The fourth-order valence-corrected chi connectivity index (χ4v) is 2.31. The SMILES string of the molecule is COC(=O)c1cnn2cccc(-c3ccc(OC)cc3)c12. The van der Waals surface area contributed by atoms with Crippen LogP contribution in [-0.4, -0.2) is 29.8 Å². The molecule has 0 radical (unpaired) electrons. The van der Waals surface area contributed by atoms with E-state index in [0.717, 1.165) is 22.4 Å². The van der Waals surface area contributed by atoms with Crippen LogP contribution >= 0.6 is 0 Å². The molecule has 0 fully saturated rings. The Morgan fingerprint density at radius 2 is 1.90 bits per heavy atom. The maximum absolute atomic E-state index is 11.9. The van der Waals surface area contributed by atoms with Crippen molar-refractivity contribution >= 4 is 11.5 Å². The Bertz CT molecular complexity index is 791. The Hall–Kier alpha value is -2.82. The van der Waals surface area contributed by atoms with Crippen molar-refractivity contribution < 1.29 is 14.3 Å². The number of carbonyl (C=O) groups is 1. The zero-order valence-electron chi connectivity index (χ0n) is 11.7. The van der Waals surface area contributed by atoms with Gasteiger partial charge in [0.2, 0.25) is 0 Å². The van der Waals surface area contributed by atoms with Crippen LogP contribution in [-0.2, 0) is 4.74 Å². The summed E-state index contributed by atoms with van der Waals surface area (Å²) in [6.45, 7) is 0. The van der Waals surface area contributed by atoms with Gasteiger partial charge in [-0.25, -0.2) is 9.31 Å². The lowest BCUT2D eigenvalue weighted by molar-refractivity contribution is 0.0603. The van der Waals surface area contributed by atoms with Gasteiger partial charge in [0.25, 0.3) is 0 Å². The van der Waals surface area contributed by atoms with E-state index in [1.807, 2.05) is 36.4 Å². The molecule has 0 aliphatic heterocycles. The molecule has 0 unspecified atom stereocenters. The zero-order valence-corrected chi connectivity index (χ0v) is 11.7. The number of fused-ring (bicyclic) bond motifs is 1. The van der Waals surface area contributed by atoms with Crippen LogP contribution in [0.2, 0.25) is 0 Å². The van der Waals surface area contributed by atoms with Crippen LogP contribution in [0.4, 0.5) is 0 Å². The van der Waals surface area contributed by atoms with Crippen LogP contribution in [0.15, 0.2) is 48.8 Å². The highest BCUT2D eigenvalue weighted by molar-refractivity contribution is 6.01. The molecule has 3 aromatic rings. The normalized spacial score (nSPS) is 10.6. The summed E-state index contributed by atoms with van der Waals surface area (Å²) in [5.74, 6) is 0.387. The number of carbonyl (C=O) groups excluding carboxylic acids is 1. The van der Waals surface area contributed by atoms with Crippen molar-refractivity contribution in [2.45, 2.75) is 0 Å². The highest BCUT2D eigenvalue weighted by atomic mass is 16.5. The molecule has 0 saturated carbocycles. The molecule has 0 N–H and O–H groups in total. The van der Waals surface area contributed by atoms with Crippen molar-refractivity contribution in [2.24, 2.45) is 0 Å². The first kappa shape index (κ1) is 13.2. The highest BCUT2D eigenvalue weighted by Gasteiger charge is 2.16. The van der Waals surface area contributed by atoms with Gasteiger partial charge in [0.05, 0.1) is 25.9 Å². The first-order chi connectivity index (χ1) is 10.2. The molecule has 0 bridgehead atoms. The molecule has 0 amide bonds. The highest BCUT2D eigenvalue weighted by Crippen LogP contribution is 2.28. The number of pyridine rings is 1. The molecule has 0 atom stereocenters. The maximum atomic E-state index is 11.9. The number of ether oxygens (including phenoxy) is 2. The van der Waals surface area contributed by atoms with Gasteiger partial charge in [-0.3, -0.25) is 0 Å². The van der Waals surface area contributed by atoms with Crippen LogP contribution in [0.5, 0.6) is 5.75 Å². The lowest BCUT2D eigenvalue weighted by Crippen LogP contribution is -2.01. The van der Waals surface area contributed by atoms with E-state index in [9.17, 15) is 4.79 Å². The largest absolute Gasteiger partial charge is 0.497 e. The van der Waals surface area contributed by atoms with E-state index in [2.05, 4.69) is 5.10 Å². The standard InChI is InChI=1S/C16H14N2O3/c1-20-12-7-5-11(6-8-12)13-4-3-9-18-15(13)14(10-17-18)16(19)21-2/h3-10H,1-2H3. The third-order valence-corrected chi connectivity index (χ3v) is 3.35. The van der Waals surface area contributed by atoms with Gasteiger partial charge in [-0.05, 0) is 23.8 Å². The number of aromatic nitrogens is 2. The Balaban J connectivity index is 2.21. The van der Waals surface area contributed by atoms with Gasteiger partial charge in [0.15, 0.2) is 0 Å². The fourth-order valence-electron chi connectivity index (χ4n) is 2.31. The average Bonchev–Trinajstić information content (AvgIpc) is 2.98. The molecular formula is C16H14N2O3. The first-order valence-corrected chi connectivity index (χ1v) is 6.43. The van der Waals surface area contributed by atoms with Crippen molar-refractivity contribution in [1.82, 2.24) is 9.61 Å². The first-order valence-electron chi connectivity index (χ1n) is 6.43. The van der Waals surface area contributed by atoms with Gasteiger partial charge >= 0.3 is 5.97 Å². The predicted molar refractivity (Wildman–Crippen MR) is 78.5 cm³/mol. The van der Waals surface area contributed by atoms with Gasteiger partial charge in [-0.15, -0.1) is 0 Å². The molecule has 21 heavy (non-hydrogen) atoms. The van der Waals surface area contributed by atoms with Gasteiger partial charge in [0.1, 0.15) is 11.3 Å². The van der Waals surface area contributed by atoms with Crippen LogP contribution < -0.4 is 4.74 Å². The van der Waals surface area contributed by atoms with Crippen molar-refractivity contribution in [3.05, 3.63) is 54.4 Å². The van der Waals surface area contributed by atoms with E-state index in [0.29, 0.717) is 5.56 Å². The minimum atomic E-state index is -0.397. The van der Waals surface area contributed by atoms with Crippen LogP contribution in [0.25, 0.3) is 16.6 Å². The number of hydrogen-bond donors (Lipinski definition) is 0. The number of esters is 1. The summed E-state index contributed by atoms with van der Waals surface area (Å²) in [5, 5.41) is 4.20. The van der Waals surface area contributed by atoms with E-state index >= 15 is 0 Å².